The lowest BCUT2D eigenvalue weighted by molar-refractivity contribution is -0.131. The fraction of sp³-hybridized carbons (Fsp3) is 0.300. The van der Waals surface area contributed by atoms with Gasteiger partial charge in [-0.3, -0.25) is 14.8 Å². The van der Waals surface area contributed by atoms with E-state index < -0.39 is 31.9 Å². The van der Waals surface area contributed by atoms with Crippen LogP contribution in [0, 0.1) is 12.7 Å². The summed E-state index contributed by atoms with van der Waals surface area (Å²) in [5, 5.41) is 17.0. The van der Waals surface area contributed by atoms with E-state index in [0.717, 1.165) is 35.6 Å². The first-order valence-corrected chi connectivity index (χ1v) is 11.4. The van der Waals surface area contributed by atoms with E-state index in [2.05, 4.69) is 10.2 Å². The molecule has 170 valence electrons. The molecule has 32 heavy (non-hydrogen) atoms. The van der Waals surface area contributed by atoms with E-state index in [1.54, 1.807) is 25.1 Å². The van der Waals surface area contributed by atoms with Gasteiger partial charge in [0.05, 0.1) is 18.1 Å². The van der Waals surface area contributed by atoms with Gasteiger partial charge in [-0.15, -0.1) is 0 Å². The summed E-state index contributed by atoms with van der Waals surface area (Å²) in [6.45, 7) is 2.68. The number of sulfone groups is 1. The maximum absolute atomic E-state index is 14.9. The second-order valence-electron chi connectivity index (χ2n) is 7.58. The van der Waals surface area contributed by atoms with Crippen molar-refractivity contribution in [1.82, 2.24) is 25.0 Å². The van der Waals surface area contributed by atoms with Crippen molar-refractivity contribution in [2.45, 2.75) is 31.6 Å². The number of benzene rings is 1. The number of amides is 1. The van der Waals surface area contributed by atoms with Crippen LogP contribution in [0.3, 0.4) is 0 Å². The summed E-state index contributed by atoms with van der Waals surface area (Å²) in [5.74, 6) is -1.82. The summed E-state index contributed by atoms with van der Waals surface area (Å²) in [6.07, 6.45) is 4.54. The molecular formula is C20H22FN5O5S. The smallest absolute Gasteiger partial charge is 0.264 e. The third kappa shape index (κ3) is 4.32. The topological polar surface area (TPSA) is 136 Å². The van der Waals surface area contributed by atoms with Gasteiger partial charge >= 0.3 is 0 Å². The lowest BCUT2D eigenvalue weighted by Crippen LogP contribution is -2.50. The lowest BCUT2D eigenvalue weighted by atomic mass is 10.0. The molecule has 1 amide bonds. The number of aromatic nitrogens is 4. The Balaban J connectivity index is 1.91. The van der Waals surface area contributed by atoms with Gasteiger partial charge in [0, 0.05) is 30.6 Å². The normalized spacial score (nSPS) is 13.5. The molecule has 1 atom stereocenters. The van der Waals surface area contributed by atoms with Crippen LogP contribution in [0.5, 0.6) is 0 Å². The summed E-state index contributed by atoms with van der Waals surface area (Å²) < 4.78 is 38.0. The molecule has 3 rings (SSSR count). The number of carbonyl (C=O) groups excluding carboxylic acids is 1. The number of nitrogens with one attached hydrogen (secondary N) is 1. The maximum atomic E-state index is 14.9. The number of nitrogens with zero attached hydrogens (tertiary/aromatic N) is 4. The number of hydrogen-bond acceptors (Lipinski definition) is 7. The molecule has 0 spiro atoms. The van der Waals surface area contributed by atoms with Gasteiger partial charge in [0.2, 0.25) is 0 Å². The zero-order chi connectivity index (χ0) is 23.7. The van der Waals surface area contributed by atoms with Crippen molar-refractivity contribution in [2.75, 3.05) is 6.26 Å². The molecule has 2 N–H and O–H groups in total. The van der Waals surface area contributed by atoms with Gasteiger partial charge in [0.15, 0.2) is 14.6 Å². The second-order valence-corrected chi connectivity index (χ2v) is 10.0. The minimum Gasteiger partial charge on any atom is -0.312 e. The van der Waals surface area contributed by atoms with Gasteiger partial charge in [-0.2, -0.15) is 15.0 Å². The van der Waals surface area contributed by atoms with E-state index in [1.807, 2.05) is 0 Å². The summed E-state index contributed by atoms with van der Waals surface area (Å²) in [7, 11) is -3.94. The van der Waals surface area contributed by atoms with E-state index in [4.69, 9.17) is 5.21 Å². The van der Waals surface area contributed by atoms with E-state index >= 15 is 0 Å². The van der Waals surface area contributed by atoms with Crippen LogP contribution in [0.25, 0.3) is 16.8 Å². The fourth-order valence-corrected chi connectivity index (χ4v) is 4.09. The highest BCUT2D eigenvalue weighted by molar-refractivity contribution is 7.92. The summed E-state index contributed by atoms with van der Waals surface area (Å²) in [5.41, 5.74) is 2.78. The van der Waals surface area contributed by atoms with E-state index in [1.165, 1.54) is 22.7 Å². The molecule has 10 nitrogen and oxygen atoms in total. The Bertz CT molecular complexity index is 1320. The zero-order valence-corrected chi connectivity index (χ0v) is 18.4. The number of pyridine rings is 1. The molecule has 0 aliphatic heterocycles. The first-order valence-electron chi connectivity index (χ1n) is 9.50. The van der Waals surface area contributed by atoms with Gasteiger partial charge in [0.25, 0.3) is 11.5 Å². The molecule has 0 aliphatic rings. The average Bonchev–Trinajstić information content (AvgIpc) is 3.26. The number of hydroxylamine groups is 1. The van der Waals surface area contributed by atoms with Crippen molar-refractivity contribution in [3.8, 4) is 16.8 Å². The van der Waals surface area contributed by atoms with Gasteiger partial charge in [-0.05, 0) is 43.5 Å². The van der Waals surface area contributed by atoms with Crippen LogP contribution in [0.2, 0.25) is 0 Å². The minimum absolute atomic E-state index is 0.0771. The third-order valence-electron chi connectivity index (χ3n) is 5.45. The van der Waals surface area contributed by atoms with Crippen LogP contribution in [-0.4, -0.2) is 50.1 Å². The Morgan fingerprint density at radius 2 is 1.91 bits per heavy atom. The quantitative estimate of drug-likeness (QED) is 0.397. The van der Waals surface area contributed by atoms with Crippen LogP contribution >= 0.6 is 0 Å². The molecule has 2 aromatic heterocycles. The predicted octanol–water partition coefficient (Wildman–Crippen LogP) is 1.24. The third-order valence-corrected chi connectivity index (χ3v) is 7.48. The van der Waals surface area contributed by atoms with Crippen molar-refractivity contribution in [1.29, 1.82) is 0 Å². The Morgan fingerprint density at radius 3 is 2.47 bits per heavy atom. The highest BCUT2D eigenvalue weighted by Gasteiger charge is 2.43. The SMILES string of the molecule is Cc1cc(-c2cc(=O)n(CCC(C)(C(=O)NO)S(C)(=O)=O)cc2F)ccc1-n1nccn1. The van der Waals surface area contributed by atoms with Crippen LogP contribution < -0.4 is 11.0 Å². The summed E-state index contributed by atoms with van der Waals surface area (Å²) in [4.78, 5) is 25.9. The molecule has 1 aromatic carbocycles. The Hall–Kier alpha value is -3.38. The average molecular weight is 463 g/mol. The van der Waals surface area contributed by atoms with E-state index in [0.29, 0.717) is 11.3 Å². The monoisotopic (exact) mass is 463 g/mol. The maximum Gasteiger partial charge on any atom is 0.264 e. The number of rotatable bonds is 7. The summed E-state index contributed by atoms with van der Waals surface area (Å²) >= 11 is 0. The molecule has 0 aliphatic carbocycles. The van der Waals surface area contributed by atoms with Gasteiger partial charge < -0.3 is 4.57 Å². The van der Waals surface area contributed by atoms with Crippen LogP contribution in [0.4, 0.5) is 4.39 Å². The van der Waals surface area contributed by atoms with Gasteiger partial charge in [-0.25, -0.2) is 18.3 Å². The molecule has 3 aromatic rings. The standard InChI is InChI=1S/C20H22FN5O5S/c1-13-10-14(4-5-17(13)26-22-7-8-23-26)15-11-18(27)25(12-16(15)21)9-6-20(2,19(28)24-29)32(3,30)31/h4-5,7-8,10-12,29H,6,9H2,1-3H3,(H,24,28). The second kappa shape index (κ2) is 8.63. The molecule has 12 heteroatoms. The van der Waals surface area contributed by atoms with Crippen molar-refractivity contribution < 1.29 is 22.8 Å². The Labute approximate surface area is 183 Å². The molecule has 0 saturated heterocycles. The van der Waals surface area contributed by atoms with Crippen molar-refractivity contribution in [3.63, 3.8) is 0 Å². The molecule has 2 heterocycles. The predicted molar refractivity (Wildman–Crippen MR) is 114 cm³/mol. The van der Waals surface area contributed by atoms with Crippen molar-refractivity contribution >= 4 is 15.7 Å². The molecule has 0 radical (unpaired) electrons. The van der Waals surface area contributed by atoms with Gasteiger partial charge in [0.1, 0.15) is 5.82 Å². The first kappa shape index (κ1) is 23.3. The molecule has 0 fully saturated rings. The first-order chi connectivity index (χ1) is 15.0. The van der Waals surface area contributed by atoms with E-state index in [-0.39, 0.29) is 18.5 Å². The van der Waals surface area contributed by atoms with Crippen LogP contribution in [0.15, 0.2) is 47.7 Å². The van der Waals surface area contributed by atoms with Crippen LogP contribution in [-0.2, 0) is 21.2 Å². The highest BCUT2D eigenvalue weighted by Crippen LogP contribution is 2.26. The molecule has 1 unspecified atom stereocenters. The summed E-state index contributed by atoms with van der Waals surface area (Å²) in [6, 6.07) is 6.16. The largest absolute Gasteiger partial charge is 0.312 e. The molecule has 0 saturated carbocycles. The van der Waals surface area contributed by atoms with Crippen molar-refractivity contribution in [2.24, 2.45) is 0 Å². The fourth-order valence-electron chi connectivity index (χ4n) is 3.25. The van der Waals surface area contributed by atoms with Crippen LogP contribution in [0.1, 0.15) is 18.9 Å². The number of carbonyl (C=O) groups is 1. The number of hydrogen-bond donors (Lipinski definition) is 2. The van der Waals surface area contributed by atoms with Crippen molar-refractivity contribution in [3.05, 3.63) is 64.6 Å². The Kier molecular flexibility index (Phi) is 6.28. The number of aryl methyl sites for hydroxylation is 2. The molecular weight excluding hydrogens is 441 g/mol. The number of halogens is 1. The minimum atomic E-state index is -3.94. The lowest BCUT2D eigenvalue weighted by Gasteiger charge is -2.25. The Morgan fingerprint density at radius 1 is 1.25 bits per heavy atom. The molecule has 0 bridgehead atoms. The zero-order valence-electron chi connectivity index (χ0n) is 17.6. The highest BCUT2D eigenvalue weighted by atomic mass is 32.2. The van der Waals surface area contributed by atoms with E-state index in [9.17, 15) is 22.4 Å². The van der Waals surface area contributed by atoms with Gasteiger partial charge in [-0.1, -0.05) is 6.07 Å².